The third-order valence-electron chi connectivity index (χ3n) is 3.14. The van der Waals surface area contributed by atoms with E-state index in [1.807, 2.05) is 42.5 Å². The van der Waals surface area contributed by atoms with Crippen LogP contribution in [-0.4, -0.2) is 38.7 Å². The molecule has 3 N–H and O–H groups in total. The number of nitrogens with one attached hydrogen (secondary N) is 3. The first-order valence-electron chi connectivity index (χ1n) is 7.81. The van der Waals surface area contributed by atoms with E-state index in [1.165, 1.54) is 7.11 Å². The van der Waals surface area contributed by atoms with E-state index in [-0.39, 0.29) is 6.54 Å². The van der Waals surface area contributed by atoms with Crippen molar-refractivity contribution in [3.8, 4) is 11.5 Å². The third kappa shape index (κ3) is 6.52. The van der Waals surface area contributed by atoms with Gasteiger partial charge in [0.25, 0.3) is 0 Å². The Morgan fingerprint density at radius 2 is 1.72 bits per heavy atom. The number of rotatable bonds is 8. The Kier molecular flexibility index (Phi) is 7.27. The van der Waals surface area contributed by atoms with E-state index in [0.717, 1.165) is 0 Å². The van der Waals surface area contributed by atoms with Crippen molar-refractivity contribution >= 4 is 17.6 Å². The molecule has 0 aliphatic heterocycles. The highest BCUT2D eigenvalue weighted by Crippen LogP contribution is 2.28. The number of carbonyl (C=O) groups is 2. The molecule has 0 spiro atoms. The van der Waals surface area contributed by atoms with Gasteiger partial charge in [-0.3, -0.25) is 10.1 Å². The van der Waals surface area contributed by atoms with Gasteiger partial charge in [0.05, 0.1) is 18.8 Å². The summed E-state index contributed by atoms with van der Waals surface area (Å²) in [5.41, 5.74) is 0.654. The number of para-hydroxylation sites is 3. The largest absolute Gasteiger partial charge is 0.455 e. The van der Waals surface area contributed by atoms with Gasteiger partial charge in [0.1, 0.15) is 5.75 Å². The lowest BCUT2D eigenvalue weighted by molar-refractivity contribution is -0.118. The van der Waals surface area contributed by atoms with Crippen molar-refractivity contribution in [2.75, 3.05) is 32.1 Å². The highest BCUT2D eigenvalue weighted by atomic mass is 16.5. The molecule has 0 radical (unpaired) electrons. The fraction of sp³-hybridized carbons (Fsp3) is 0.222. The smallest absolute Gasteiger partial charge is 0.321 e. The first-order valence-corrected chi connectivity index (χ1v) is 7.81. The number of hydrogen-bond acceptors (Lipinski definition) is 5. The number of hydrogen-bond donors (Lipinski definition) is 3. The van der Waals surface area contributed by atoms with Gasteiger partial charge < -0.3 is 20.1 Å². The van der Waals surface area contributed by atoms with E-state index in [4.69, 9.17) is 9.47 Å². The number of amides is 3. The molecule has 132 valence electrons. The summed E-state index contributed by atoms with van der Waals surface area (Å²) in [5, 5.41) is 7.70. The molecule has 0 fully saturated rings. The first-order chi connectivity index (χ1) is 12.2. The lowest BCUT2D eigenvalue weighted by Crippen LogP contribution is -2.42. The van der Waals surface area contributed by atoms with Crippen molar-refractivity contribution in [2.45, 2.75) is 0 Å². The van der Waals surface area contributed by atoms with Crippen molar-refractivity contribution in [3.63, 3.8) is 0 Å². The van der Waals surface area contributed by atoms with Gasteiger partial charge in [-0.2, -0.15) is 0 Å². The lowest BCUT2D eigenvalue weighted by Gasteiger charge is -2.13. The van der Waals surface area contributed by atoms with Crippen LogP contribution in [0.15, 0.2) is 54.6 Å². The average Bonchev–Trinajstić information content (AvgIpc) is 2.62. The Morgan fingerprint density at radius 1 is 1.00 bits per heavy atom. The number of methoxy groups -OCH3 is 1. The van der Waals surface area contributed by atoms with Crippen LogP contribution in [0.3, 0.4) is 0 Å². The molecule has 0 unspecified atom stereocenters. The van der Waals surface area contributed by atoms with Gasteiger partial charge in [-0.25, -0.2) is 4.79 Å². The first kappa shape index (κ1) is 18.3. The van der Waals surface area contributed by atoms with Gasteiger partial charge in [-0.05, 0) is 24.3 Å². The minimum absolute atomic E-state index is 0.0626. The maximum absolute atomic E-state index is 11.8. The minimum atomic E-state index is -0.558. The number of ether oxygens (including phenoxy) is 2. The standard InChI is InChI=1S/C18H21N3O4/c1-24-12-11-19-18(23)21-17(22)13-20-15-9-5-6-10-16(15)25-14-7-3-2-4-8-14/h2-10,20H,11-13H2,1H3,(H2,19,21,22,23). The molecule has 0 heterocycles. The second-order valence-electron chi connectivity index (χ2n) is 5.06. The molecule has 25 heavy (non-hydrogen) atoms. The summed E-state index contributed by atoms with van der Waals surface area (Å²) < 4.78 is 10.6. The molecule has 3 amide bonds. The van der Waals surface area contributed by atoms with E-state index < -0.39 is 11.9 Å². The molecule has 0 bridgehead atoms. The van der Waals surface area contributed by atoms with E-state index in [2.05, 4.69) is 16.0 Å². The van der Waals surface area contributed by atoms with Crippen molar-refractivity contribution in [2.24, 2.45) is 0 Å². The summed E-state index contributed by atoms with van der Waals surface area (Å²) in [7, 11) is 1.53. The minimum Gasteiger partial charge on any atom is -0.455 e. The number of carbonyl (C=O) groups excluding carboxylic acids is 2. The Morgan fingerprint density at radius 3 is 2.48 bits per heavy atom. The molecule has 2 aromatic rings. The summed E-state index contributed by atoms with van der Waals surface area (Å²) in [6.45, 7) is 0.647. The molecule has 0 aliphatic carbocycles. The maximum Gasteiger partial charge on any atom is 0.321 e. The summed E-state index contributed by atoms with van der Waals surface area (Å²) in [6, 6.07) is 16.0. The predicted octanol–water partition coefficient (Wildman–Crippen LogP) is 2.36. The molecule has 0 saturated carbocycles. The van der Waals surface area contributed by atoms with Crippen molar-refractivity contribution < 1.29 is 19.1 Å². The highest BCUT2D eigenvalue weighted by Gasteiger charge is 2.09. The highest BCUT2D eigenvalue weighted by molar-refractivity contribution is 5.96. The number of imide groups is 1. The molecule has 0 aliphatic rings. The van der Waals surface area contributed by atoms with E-state index in [9.17, 15) is 9.59 Å². The van der Waals surface area contributed by atoms with Gasteiger partial charge in [0.15, 0.2) is 5.75 Å². The second-order valence-corrected chi connectivity index (χ2v) is 5.06. The molecule has 0 atom stereocenters. The van der Waals surface area contributed by atoms with Crippen LogP contribution in [0, 0.1) is 0 Å². The summed E-state index contributed by atoms with van der Waals surface area (Å²) >= 11 is 0. The fourth-order valence-electron chi connectivity index (χ4n) is 1.97. The number of benzene rings is 2. The maximum atomic E-state index is 11.8. The van der Waals surface area contributed by atoms with Crippen LogP contribution in [0.4, 0.5) is 10.5 Å². The van der Waals surface area contributed by atoms with Crippen LogP contribution >= 0.6 is 0 Å². The Balaban J connectivity index is 1.86. The zero-order chi connectivity index (χ0) is 17.9. The number of anilines is 1. The zero-order valence-electron chi connectivity index (χ0n) is 14.0. The summed E-state index contributed by atoms with van der Waals surface area (Å²) in [6.07, 6.45) is 0. The van der Waals surface area contributed by atoms with Crippen LogP contribution in [0.5, 0.6) is 11.5 Å². The summed E-state index contributed by atoms with van der Waals surface area (Å²) in [4.78, 5) is 23.3. The van der Waals surface area contributed by atoms with E-state index in [1.54, 1.807) is 12.1 Å². The van der Waals surface area contributed by atoms with Crippen LogP contribution in [0.2, 0.25) is 0 Å². The molecule has 0 aromatic heterocycles. The van der Waals surface area contributed by atoms with E-state index in [0.29, 0.717) is 30.3 Å². The van der Waals surface area contributed by atoms with Crippen LogP contribution < -0.4 is 20.7 Å². The fourth-order valence-corrected chi connectivity index (χ4v) is 1.97. The average molecular weight is 343 g/mol. The third-order valence-corrected chi connectivity index (χ3v) is 3.14. The van der Waals surface area contributed by atoms with Gasteiger partial charge in [0.2, 0.25) is 5.91 Å². The second kappa shape index (κ2) is 9.94. The molecule has 0 saturated heterocycles. The Labute approximate surface area is 146 Å². The van der Waals surface area contributed by atoms with Crippen molar-refractivity contribution in [1.82, 2.24) is 10.6 Å². The molecule has 2 aromatic carbocycles. The van der Waals surface area contributed by atoms with Crippen LogP contribution in [-0.2, 0) is 9.53 Å². The van der Waals surface area contributed by atoms with E-state index >= 15 is 0 Å². The topological polar surface area (TPSA) is 88.7 Å². The monoisotopic (exact) mass is 343 g/mol. The van der Waals surface area contributed by atoms with Gasteiger partial charge in [0, 0.05) is 13.7 Å². The lowest BCUT2D eigenvalue weighted by atomic mass is 10.3. The quantitative estimate of drug-likeness (QED) is 0.640. The Hall–Kier alpha value is -3.06. The van der Waals surface area contributed by atoms with Gasteiger partial charge in [-0.15, -0.1) is 0 Å². The SMILES string of the molecule is COCCNC(=O)NC(=O)CNc1ccccc1Oc1ccccc1. The molecule has 2 rings (SSSR count). The summed E-state index contributed by atoms with van der Waals surface area (Å²) in [5.74, 6) is 0.828. The van der Waals surface area contributed by atoms with Crippen molar-refractivity contribution in [3.05, 3.63) is 54.6 Å². The predicted molar refractivity (Wildman–Crippen MR) is 94.9 cm³/mol. The molecular formula is C18H21N3O4. The normalized spacial score (nSPS) is 9.96. The van der Waals surface area contributed by atoms with Crippen LogP contribution in [0.1, 0.15) is 0 Å². The zero-order valence-corrected chi connectivity index (χ0v) is 14.0. The number of urea groups is 1. The molecule has 7 nitrogen and oxygen atoms in total. The molecular weight excluding hydrogens is 322 g/mol. The van der Waals surface area contributed by atoms with Crippen LogP contribution in [0.25, 0.3) is 0 Å². The van der Waals surface area contributed by atoms with Gasteiger partial charge in [-0.1, -0.05) is 30.3 Å². The Bertz CT molecular complexity index is 692. The van der Waals surface area contributed by atoms with Crippen molar-refractivity contribution in [1.29, 1.82) is 0 Å². The van der Waals surface area contributed by atoms with Gasteiger partial charge >= 0.3 is 6.03 Å². The molecule has 7 heteroatoms.